The van der Waals surface area contributed by atoms with E-state index in [2.05, 4.69) is 64.4 Å². The van der Waals surface area contributed by atoms with Gasteiger partial charge >= 0.3 is 0 Å². The van der Waals surface area contributed by atoms with Gasteiger partial charge in [0, 0.05) is 0 Å². The van der Waals surface area contributed by atoms with Crippen LogP contribution >= 0.6 is 54.5 Å². The fourth-order valence-electron chi connectivity index (χ4n) is 0.851. The fraction of sp³-hybridized carbons (Fsp3) is 0.167. The van der Waals surface area contributed by atoms with Crippen molar-refractivity contribution in [3.63, 3.8) is 0 Å². The SMILES string of the molecule is CI.COc1ccc(Br)nc1.Oc1ccc(Br)nc1. The fourth-order valence-corrected chi connectivity index (χ4v) is 1.32. The molecule has 2 rings (SSSR count). The van der Waals surface area contributed by atoms with Crippen molar-refractivity contribution in [3.8, 4) is 11.5 Å². The number of rotatable bonds is 1. The number of halogens is 3. The summed E-state index contributed by atoms with van der Waals surface area (Å²) >= 11 is 8.48. The van der Waals surface area contributed by atoms with Crippen molar-refractivity contribution in [2.45, 2.75) is 0 Å². The molecule has 19 heavy (non-hydrogen) atoms. The Bertz CT molecular complexity index is 431. The predicted molar refractivity (Wildman–Crippen MR) is 92.0 cm³/mol. The van der Waals surface area contributed by atoms with Crippen LogP contribution in [0.25, 0.3) is 0 Å². The molecule has 0 atom stereocenters. The minimum absolute atomic E-state index is 0.188. The Kier molecular flexibility index (Phi) is 11.2. The third kappa shape index (κ3) is 9.17. The van der Waals surface area contributed by atoms with E-state index >= 15 is 0 Å². The quantitative estimate of drug-likeness (QED) is 0.355. The van der Waals surface area contributed by atoms with E-state index in [1.165, 1.54) is 6.20 Å². The number of aromatic hydroxyl groups is 1. The lowest BCUT2D eigenvalue weighted by Gasteiger charge is -1.95. The van der Waals surface area contributed by atoms with Crippen molar-refractivity contribution in [3.05, 3.63) is 45.9 Å². The zero-order valence-corrected chi connectivity index (χ0v) is 15.7. The lowest BCUT2D eigenvalue weighted by molar-refractivity contribution is 0.412. The second kappa shape index (κ2) is 11.4. The van der Waals surface area contributed by atoms with Crippen molar-refractivity contribution < 1.29 is 9.84 Å². The van der Waals surface area contributed by atoms with E-state index in [1.54, 1.807) is 25.4 Å². The van der Waals surface area contributed by atoms with Gasteiger partial charge in [0.1, 0.15) is 20.7 Å². The van der Waals surface area contributed by atoms with Crippen LogP contribution in [-0.4, -0.2) is 27.1 Å². The normalized spacial score (nSPS) is 8.47. The molecule has 4 nitrogen and oxygen atoms in total. The van der Waals surface area contributed by atoms with E-state index < -0.39 is 0 Å². The lowest BCUT2D eigenvalue weighted by atomic mass is 10.5. The first-order chi connectivity index (χ1) is 9.11. The minimum Gasteiger partial charge on any atom is -0.506 e. The van der Waals surface area contributed by atoms with Gasteiger partial charge < -0.3 is 9.84 Å². The van der Waals surface area contributed by atoms with E-state index in [-0.39, 0.29) is 5.75 Å². The first kappa shape index (κ1) is 18.6. The number of ether oxygens (including phenoxy) is 1. The van der Waals surface area contributed by atoms with Crippen LogP contribution in [-0.2, 0) is 0 Å². The number of methoxy groups -OCH3 is 1. The van der Waals surface area contributed by atoms with Crippen molar-refractivity contribution in [2.75, 3.05) is 12.0 Å². The third-order valence-electron chi connectivity index (χ3n) is 1.65. The van der Waals surface area contributed by atoms with Crippen LogP contribution in [0.5, 0.6) is 11.5 Å². The molecule has 0 amide bonds. The molecule has 0 aliphatic carbocycles. The van der Waals surface area contributed by atoms with Crippen molar-refractivity contribution in [1.29, 1.82) is 0 Å². The number of aromatic nitrogens is 2. The van der Waals surface area contributed by atoms with Gasteiger partial charge in [-0.2, -0.15) is 0 Å². The predicted octanol–water partition coefficient (Wildman–Crippen LogP) is 4.45. The molecule has 2 heterocycles. The van der Waals surface area contributed by atoms with Gasteiger partial charge in [-0.15, -0.1) is 0 Å². The third-order valence-corrected chi connectivity index (χ3v) is 2.59. The zero-order valence-electron chi connectivity index (χ0n) is 10.3. The van der Waals surface area contributed by atoms with Gasteiger partial charge in [-0.3, -0.25) is 0 Å². The van der Waals surface area contributed by atoms with Crippen LogP contribution in [0, 0.1) is 0 Å². The standard InChI is InChI=1S/C6H6BrNO.C5H4BrNO.CH3I/c1-9-5-2-3-6(7)8-4-5;6-5-2-1-4(8)3-7-5;1-2/h2-4H,1H3;1-3,8H;1H3. The Morgan fingerprint density at radius 3 is 1.84 bits per heavy atom. The smallest absolute Gasteiger partial charge is 0.137 e. The molecule has 7 heteroatoms. The van der Waals surface area contributed by atoms with Crippen LogP contribution < -0.4 is 4.74 Å². The summed E-state index contributed by atoms with van der Waals surface area (Å²) in [4.78, 5) is 9.66. The molecular weight excluding hydrogens is 491 g/mol. The van der Waals surface area contributed by atoms with Crippen LogP contribution in [0.2, 0.25) is 0 Å². The first-order valence-corrected chi connectivity index (χ1v) is 8.70. The summed E-state index contributed by atoms with van der Waals surface area (Å²) in [6.07, 6.45) is 3.04. The molecular formula is C12H13Br2IN2O2. The number of hydrogen-bond donors (Lipinski definition) is 1. The van der Waals surface area contributed by atoms with Crippen LogP contribution in [0.15, 0.2) is 45.9 Å². The summed E-state index contributed by atoms with van der Waals surface area (Å²) in [7, 11) is 1.62. The molecule has 0 unspecified atom stereocenters. The van der Waals surface area contributed by atoms with E-state index in [0.29, 0.717) is 0 Å². The van der Waals surface area contributed by atoms with E-state index in [9.17, 15) is 0 Å². The van der Waals surface area contributed by atoms with Crippen LogP contribution in [0.3, 0.4) is 0 Å². The average molecular weight is 504 g/mol. The van der Waals surface area contributed by atoms with Crippen molar-refractivity contribution in [2.24, 2.45) is 0 Å². The Labute approximate surface area is 143 Å². The minimum atomic E-state index is 0.188. The molecule has 1 N–H and O–H groups in total. The Morgan fingerprint density at radius 2 is 1.53 bits per heavy atom. The maximum absolute atomic E-state index is 8.67. The maximum Gasteiger partial charge on any atom is 0.137 e. The zero-order chi connectivity index (χ0) is 14.7. The highest BCUT2D eigenvalue weighted by molar-refractivity contribution is 14.1. The number of nitrogens with zero attached hydrogens (tertiary/aromatic N) is 2. The number of hydrogen-bond acceptors (Lipinski definition) is 4. The van der Waals surface area contributed by atoms with Gasteiger partial charge in [-0.1, -0.05) is 22.6 Å². The van der Waals surface area contributed by atoms with E-state index in [0.717, 1.165) is 15.0 Å². The second-order valence-corrected chi connectivity index (χ2v) is 4.48. The van der Waals surface area contributed by atoms with Gasteiger partial charge in [0.25, 0.3) is 0 Å². The molecule has 2 aromatic heterocycles. The Hall–Kier alpha value is -0.410. The van der Waals surface area contributed by atoms with Crippen molar-refractivity contribution >= 4 is 54.5 Å². The largest absolute Gasteiger partial charge is 0.506 e. The van der Waals surface area contributed by atoms with E-state index in [4.69, 9.17) is 9.84 Å². The highest BCUT2D eigenvalue weighted by Crippen LogP contribution is 2.11. The second-order valence-electron chi connectivity index (χ2n) is 2.86. The van der Waals surface area contributed by atoms with Gasteiger partial charge in [0.15, 0.2) is 0 Å². The summed E-state index contributed by atoms with van der Waals surface area (Å²) in [5.74, 6) is 0.964. The van der Waals surface area contributed by atoms with Gasteiger partial charge in [0.05, 0.1) is 19.5 Å². The molecule has 0 saturated carbocycles. The summed E-state index contributed by atoms with van der Waals surface area (Å²) < 4.78 is 6.44. The summed E-state index contributed by atoms with van der Waals surface area (Å²) in [5.41, 5.74) is 0. The molecule has 0 aliphatic heterocycles. The molecule has 0 spiro atoms. The molecule has 0 saturated heterocycles. The van der Waals surface area contributed by atoms with Crippen LogP contribution in [0.1, 0.15) is 0 Å². The number of pyridine rings is 2. The Morgan fingerprint density at radius 1 is 1.00 bits per heavy atom. The summed E-state index contributed by atoms with van der Waals surface area (Å²) in [5, 5.41) is 8.67. The molecule has 0 bridgehead atoms. The summed E-state index contributed by atoms with van der Waals surface area (Å²) in [6, 6.07) is 6.92. The first-order valence-electron chi connectivity index (χ1n) is 4.95. The number of alkyl halides is 1. The highest BCUT2D eigenvalue weighted by atomic mass is 127. The molecule has 0 aliphatic rings. The molecule has 0 radical (unpaired) electrons. The van der Waals surface area contributed by atoms with Gasteiger partial charge in [-0.05, 0) is 61.1 Å². The molecule has 0 fully saturated rings. The van der Waals surface area contributed by atoms with Gasteiger partial charge in [-0.25, -0.2) is 9.97 Å². The Balaban J connectivity index is 0.000000303. The average Bonchev–Trinajstić information content (AvgIpc) is 2.46. The van der Waals surface area contributed by atoms with E-state index in [1.807, 2.05) is 17.1 Å². The van der Waals surface area contributed by atoms with Crippen LogP contribution in [0.4, 0.5) is 0 Å². The van der Waals surface area contributed by atoms with Gasteiger partial charge in [0.2, 0.25) is 0 Å². The van der Waals surface area contributed by atoms with Crippen molar-refractivity contribution in [1.82, 2.24) is 9.97 Å². The molecule has 0 aromatic carbocycles. The summed E-state index contributed by atoms with van der Waals surface area (Å²) in [6.45, 7) is 0. The molecule has 2 aromatic rings. The maximum atomic E-state index is 8.67. The highest BCUT2D eigenvalue weighted by Gasteiger charge is 1.88. The monoisotopic (exact) mass is 502 g/mol. The topological polar surface area (TPSA) is 55.2 Å². The molecule has 104 valence electrons. The lowest BCUT2D eigenvalue weighted by Crippen LogP contribution is -1.82.